The molecule has 182 valence electrons. The number of carbonyl (C=O) groups excluding carboxylic acids is 1. The van der Waals surface area contributed by atoms with Crippen LogP contribution in [0, 0.1) is 11.3 Å². The van der Waals surface area contributed by atoms with Crippen molar-refractivity contribution in [2.75, 3.05) is 26.7 Å². The Labute approximate surface area is 205 Å². The highest BCUT2D eigenvalue weighted by Crippen LogP contribution is 2.29. The molecule has 4 rings (SSSR count). The molecule has 2 heterocycles. The Hall–Kier alpha value is -3.70. The number of benzene rings is 2. The van der Waals surface area contributed by atoms with Crippen molar-refractivity contribution in [2.24, 2.45) is 0 Å². The Morgan fingerprint density at radius 1 is 1.17 bits per heavy atom. The van der Waals surface area contributed by atoms with Crippen molar-refractivity contribution in [1.29, 1.82) is 5.26 Å². The van der Waals surface area contributed by atoms with E-state index >= 15 is 0 Å². The number of rotatable bonds is 8. The van der Waals surface area contributed by atoms with Crippen LogP contribution in [-0.4, -0.2) is 53.7 Å². The number of nitriles is 1. The van der Waals surface area contributed by atoms with Crippen molar-refractivity contribution < 1.29 is 14.1 Å². The zero-order valence-electron chi connectivity index (χ0n) is 20.5. The normalized spacial score (nSPS) is 13.7. The fraction of sp³-hybridized carbons (Fsp3) is 0.407. The van der Waals surface area contributed by atoms with E-state index in [2.05, 4.69) is 38.6 Å². The van der Waals surface area contributed by atoms with E-state index in [9.17, 15) is 10.1 Å². The molecule has 1 N–H and O–H groups in total. The number of hydrogen-bond acceptors (Lipinski definition) is 7. The van der Waals surface area contributed by atoms with Gasteiger partial charge in [0.05, 0.1) is 11.7 Å². The summed E-state index contributed by atoms with van der Waals surface area (Å²) in [5.41, 5.74) is 4.65. The highest BCUT2D eigenvalue weighted by Gasteiger charge is 2.18. The number of carbonyl (C=O) groups is 1. The Morgan fingerprint density at radius 3 is 2.69 bits per heavy atom. The molecule has 1 amide bonds. The Morgan fingerprint density at radius 2 is 1.94 bits per heavy atom. The van der Waals surface area contributed by atoms with Crippen LogP contribution in [0.1, 0.15) is 43.4 Å². The number of hydrogen-bond donors (Lipinski definition) is 1. The van der Waals surface area contributed by atoms with E-state index in [-0.39, 0.29) is 12.0 Å². The molecule has 1 aliphatic heterocycles. The smallest absolute Gasteiger partial charge is 0.258 e. The van der Waals surface area contributed by atoms with Gasteiger partial charge >= 0.3 is 0 Å². The van der Waals surface area contributed by atoms with Gasteiger partial charge in [0, 0.05) is 37.7 Å². The maximum absolute atomic E-state index is 11.5. The molecule has 0 fully saturated rings. The maximum atomic E-state index is 11.5. The van der Waals surface area contributed by atoms with Crippen LogP contribution in [-0.2, 0) is 17.6 Å². The lowest BCUT2D eigenvalue weighted by Gasteiger charge is -2.19. The van der Waals surface area contributed by atoms with Crippen molar-refractivity contribution >= 4 is 5.91 Å². The summed E-state index contributed by atoms with van der Waals surface area (Å²) in [5, 5.41) is 16.4. The number of fused-ring (bicyclic) bond motifs is 1. The molecular weight excluding hydrogens is 442 g/mol. The van der Waals surface area contributed by atoms with Gasteiger partial charge in [-0.1, -0.05) is 17.3 Å². The third-order valence-electron chi connectivity index (χ3n) is 6.15. The number of ether oxygens (including phenoxy) is 1. The van der Waals surface area contributed by atoms with Gasteiger partial charge in [-0.05, 0) is 75.0 Å². The molecule has 8 nitrogen and oxygen atoms in total. The fourth-order valence-electron chi connectivity index (χ4n) is 4.29. The van der Waals surface area contributed by atoms with E-state index in [1.54, 1.807) is 19.2 Å². The molecule has 1 aliphatic rings. The predicted molar refractivity (Wildman–Crippen MR) is 133 cm³/mol. The molecule has 0 unspecified atom stereocenters. The second-order valence-corrected chi connectivity index (χ2v) is 9.01. The largest absolute Gasteiger partial charge is 0.490 e. The van der Waals surface area contributed by atoms with Gasteiger partial charge in [-0.15, -0.1) is 0 Å². The third kappa shape index (κ3) is 6.06. The summed E-state index contributed by atoms with van der Waals surface area (Å²) in [4.78, 5) is 18.5. The summed E-state index contributed by atoms with van der Waals surface area (Å²) < 4.78 is 11.2. The molecule has 2 aromatic carbocycles. The third-order valence-corrected chi connectivity index (χ3v) is 6.15. The maximum Gasteiger partial charge on any atom is 0.258 e. The van der Waals surface area contributed by atoms with Crippen molar-refractivity contribution in [3.05, 3.63) is 53.1 Å². The van der Waals surface area contributed by atoms with Gasteiger partial charge in [0.2, 0.25) is 11.7 Å². The SMILES string of the molecule is CNC(=O)CCCN1CCc2ccc(-c3noc(-c4ccc(OC(C)C)c(C#N)c4)n3)cc2CC1. The van der Waals surface area contributed by atoms with Crippen LogP contribution in [0.3, 0.4) is 0 Å². The molecule has 3 aromatic rings. The van der Waals surface area contributed by atoms with Crippen LogP contribution in [0.25, 0.3) is 22.8 Å². The molecule has 0 saturated heterocycles. The van der Waals surface area contributed by atoms with Gasteiger partial charge in [-0.25, -0.2) is 0 Å². The quantitative estimate of drug-likeness (QED) is 0.527. The van der Waals surface area contributed by atoms with Gasteiger partial charge in [0.1, 0.15) is 11.8 Å². The molecule has 1 aromatic heterocycles. The van der Waals surface area contributed by atoms with Crippen LogP contribution < -0.4 is 10.1 Å². The van der Waals surface area contributed by atoms with Crippen molar-refractivity contribution in [1.82, 2.24) is 20.4 Å². The topological polar surface area (TPSA) is 104 Å². The standard InChI is InChI=1S/C27H31N5O3/c1-18(2)34-24-9-8-22(16-23(24)17-28)27-30-26(31-35-27)21-7-6-19-10-13-32(14-11-20(19)15-21)12-4-5-25(33)29-3/h6-9,15-16,18H,4-5,10-14H2,1-3H3,(H,29,33). The molecule has 8 heteroatoms. The zero-order valence-corrected chi connectivity index (χ0v) is 20.5. The molecule has 35 heavy (non-hydrogen) atoms. The van der Waals surface area contributed by atoms with Gasteiger partial charge in [0.15, 0.2) is 0 Å². The molecule has 0 spiro atoms. The summed E-state index contributed by atoms with van der Waals surface area (Å²) in [6.45, 7) is 6.72. The number of nitrogens with zero attached hydrogens (tertiary/aromatic N) is 4. The van der Waals surface area contributed by atoms with Gasteiger partial charge in [0.25, 0.3) is 5.89 Å². The van der Waals surface area contributed by atoms with Crippen LogP contribution in [0.2, 0.25) is 0 Å². The van der Waals surface area contributed by atoms with Crippen LogP contribution >= 0.6 is 0 Å². The minimum atomic E-state index is -0.0224. The molecule has 0 radical (unpaired) electrons. The average molecular weight is 474 g/mol. The van der Waals surface area contributed by atoms with E-state index < -0.39 is 0 Å². The molecule has 0 saturated carbocycles. The first-order valence-corrected chi connectivity index (χ1v) is 12.1. The first-order valence-electron chi connectivity index (χ1n) is 12.1. The zero-order chi connectivity index (χ0) is 24.8. The lowest BCUT2D eigenvalue weighted by Crippen LogP contribution is -2.28. The van der Waals surface area contributed by atoms with Gasteiger partial charge in [-0.3, -0.25) is 4.79 Å². The second kappa shape index (κ2) is 11.2. The molecule has 0 bridgehead atoms. The summed E-state index contributed by atoms with van der Waals surface area (Å²) >= 11 is 0. The minimum absolute atomic E-state index is 0.0224. The number of nitrogens with one attached hydrogen (secondary N) is 1. The predicted octanol–water partition coefficient (Wildman–Crippen LogP) is 3.99. The highest BCUT2D eigenvalue weighted by molar-refractivity contribution is 5.75. The van der Waals surface area contributed by atoms with Crippen LogP contribution in [0.5, 0.6) is 5.75 Å². The summed E-state index contributed by atoms with van der Waals surface area (Å²) in [6, 6.07) is 13.8. The molecule has 0 atom stereocenters. The van der Waals surface area contributed by atoms with Crippen molar-refractivity contribution in [3.8, 4) is 34.7 Å². The molecule has 0 aliphatic carbocycles. The summed E-state index contributed by atoms with van der Waals surface area (Å²) in [7, 11) is 1.68. The van der Waals surface area contributed by atoms with E-state index in [1.165, 1.54) is 11.1 Å². The Kier molecular flexibility index (Phi) is 7.78. The molecular formula is C27H31N5O3. The highest BCUT2D eigenvalue weighted by atomic mass is 16.5. The van der Waals surface area contributed by atoms with Gasteiger partial charge in [-0.2, -0.15) is 10.2 Å². The minimum Gasteiger partial charge on any atom is -0.490 e. The van der Waals surface area contributed by atoms with E-state index in [4.69, 9.17) is 9.26 Å². The van der Waals surface area contributed by atoms with Crippen molar-refractivity contribution in [2.45, 2.75) is 45.6 Å². The van der Waals surface area contributed by atoms with Crippen LogP contribution in [0.4, 0.5) is 0 Å². The number of aromatic nitrogens is 2. The van der Waals surface area contributed by atoms with E-state index in [0.29, 0.717) is 35.0 Å². The average Bonchev–Trinajstić information content (AvgIpc) is 3.27. The Balaban J connectivity index is 1.46. The fourth-order valence-corrected chi connectivity index (χ4v) is 4.29. The van der Waals surface area contributed by atoms with E-state index in [0.717, 1.165) is 44.5 Å². The first kappa shape index (κ1) is 24.4. The Bertz CT molecular complexity index is 1230. The monoisotopic (exact) mass is 473 g/mol. The number of amides is 1. The summed E-state index contributed by atoms with van der Waals surface area (Å²) in [5.74, 6) is 1.52. The van der Waals surface area contributed by atoms with E-state index in [1.807, 2.05) is 26.0 Å². The summed E-state index contributed by atoms with van der Waals surface area (Å²) in [6.07, 6.45) is 3.33. The van der Waals surface area contributed by atoms with Crippen molar-refractivity contribution in [3.63, 3.8) is 0 Å². The second-order valence-electron chi connectivity index (χ2n) is 9.01. The lowest BCUT2D eigenvalue weighted by atomic mass is 10.00. The first-order chi connectivity index (χ1) is 17.0. The lowest BCUT2D eigenvalue weighted by molar-refractivity contribution is -0.120. The van der Waals surface area contributed by atoms with Crippen LogP contribution in [0.15, 0.2) is 40.9 Å². The van der Waals surface area contributed by atoms with Gasteiger partial charge < -0.3 is 19.5 Å².